The van der Waals surface area contributed by atoms with Crippen LogP contribution in [-0.2, 0) is 0 Å². The third kappa shape index (κ3) is 6.42. The minimum Gasteiger partial charge on any atom is -0.381 e. The number of allylic oxidation sites excluding steroid dienone is 4. The number of nitrogens with zero attached hydrogens (tertiary/aromatic N) is 1. The average molecular weight is 461 g/mol. The van der Waals surface area contributed by atoms with E-state index in [0.29, 0.717) is 6.04 Å². The molecular weight excluding hydrogens is 424 g/mol. The van der Waals surface area contributed by atoms with E-state index >= 15 is 0 Å². The lowest BCUT2D eigenvalue weighted by Gasteiger charge is -2.35. The van der Waals surface area contributed by atoms with Gasteiger partial charge >= 0.3 is 0 Å². The van der Waals surface area contributed by atoms with E-state index in [2.05, 4.69) is 140 Å². The summed E-state index contributed by atoms with van der Waals surface area (Å²) in [6, 6.07) is 30.4. The highest BCUT2D eigenvalue weighted by Gasteiger charge is 2.19. The highest BCUT2D eigenvalue weighted by atomic mass is 15.2. The van der Waals surface area contributed by atoms with Crippen LogP contribution in [0.15, 0.2) is 121 Å². The molecule has 0 amide bonds. The molecule has 2 aliphatic heterocycles. The lowest BCUT2D eigenvalue weighted by atomic mass is 9.98. The minimum absolute atomic E-state index is 0.547. The average Bonchev–Trinajstić information content (AvgIpc) is 2.94. The summed E-state index contributed by atoms with van der Waals surface area (Å²) < 4.78 is 0. The maximum atomic E-state index is 3.31. The van der Waals surface area contributed by atoms with Crippen molar-refractivity contribution in [1.82, 2.24) is 10.2 Å². The van der Waals surface area contributed by atoms with E-state index < -0.39 is 0 Å². The molecule has 5 rings (SSSR count). The van der Waals surface area contributed by atoms with Gasteiger partial charge in [-0.05, 0) is 60.7 Å². The molecular formula is C33H36N2. The van der Waals surface area contributed by atoms with E-state index in [9.17, 15) is 0 Å². The van der Waals surface area contributed by atoms with Gasteiger partial charge in [-0.25, -0.2) is 0 Å². The summed E-state index contributed by atoms with van der Waals surface area (Å²) in [5.74, 6) is 0. The SMILES string of the molecule is C1=CCNC(c2ccccc2)=C1.CC[C@H](C)N1CC(C)=CC=C1c1cccc(-c2ccccc2)c1. The molecule has 2 aliphatic rings. The molecule has 0 radical (unpaired) electrons. The Labute approximate surface area is 211 Å². The van der Waals surface area contributed by atoms with Crippen LogP contribution in [0.2, 0.25) is 0 Å². The Morgan fingerprint density at radius 2 is 1.43 bits per heavy atom. The molecule has 0 saturated carbocycles. The Kier molecular flexibility index (Phi) is 8.40. The zero-order chi connectivity index (χ0) is 24.5. The molecule has 2 heterocycles. The van der Waals surface area contributed by atoms with Crippen molar-refractivity contribution in [3.63, 3.8) is 0 Å². The minimum atomic E-state index is 0.547. The van der Waals surface area contributed by atoms with Crippen molar-refractivity contribution in [2.75, 3.05) is 13.1 Å². The quantitative estimate of drug-likeness (QED) is 0.416. The van der Waals surface area contributed by atoms with Gasteiger partial charge in [-0.15, -0.1) is 0 Å². The molecule has 0 aliphatic carbocycles. The normalized spacial score (nSPS) is 15.6. The van der Waals surface area contributed by atoms with E-state index in [1.54, 1.807) is 0 Å². The van der Waals surface area contributed by atoms with Gasteiger partial charge in [0.05, 0.1) is 0 Å². The van der Waals surface area contributed by atoms with Crippen LogP contribution in [0, 0.1) is 0 Å². The molecule has 35 heavy (non-hydrogen) atoms. The second kappa shape index (κ2) is 12.1. The maximum absolute atomic E-state index is 3.31. The van der Waals surface area contributed by atoms with Gasteiger partial charge in [-0.2, -0.15) is 0 Å². The van der Waals surface area contributed by atoms with Gasteiger partial charge < -0.3 is 10.2 Å². The Bertz CT molecular complexity index is 1220. The molecule has 3 aromatic carbocycles. The summed E-state index contributed by atoms with van der Waals surface area (Å²) in [4.78, 5) is 2.53. The first-order valence-electron chi connectivity index (χ1n) is 12.6. The lowest BCUT2D eigenvalue weighted by molar-refractivity contribution is 0.323. The number of rotatable bonds is 5. The van der Waals surface area contributed by atoms with Crippen molar-refractivity contribution in [3.8, 4) is 11.1 Å². The highest BCUT2D eigenvalue weighted by Crippen LogP contribution is 2.30. The summed E-state index contributed by atoms with van der Waals surface area (Å²) in [6.07, 6.45) is 12.0. The van der Waals surface area contributed by atoms with Crippen LogP contribution >= 0.6 is 0 Å². The fraction of sp³-hybridized carbons (Fsp3) is 0.212. The Morgan fingerprint density at radius 1 is 0.771 bits per heavy atom. The van der Waals surface area contributed by atoms with Crippen molar-refractivity contribution in [1.29, 1.82) is 0 Å². The Balaban J connectivity index is 0.000000201. The van der Waals surface area contributed by atoms with Crippen molar-refractivity contribution in [2.45, 2.75) is 33.2 Å². The first-order chi connectivity index (χ1) is 17.2. The fourth-order valence-electron chi connectivity index (χ4n) is 4.36. The van der Waals surface area contributed by atoms with E-state index in [1.165, 1.54) is 39.2 Å². The summed E-state index contributed by atoms with van der Waals surface area (Å²) >= 11 is 0. The Morgan fingerprint density at radius 3 is 2.09 bits per heavy atom. The second-order valence-electron chi connectivity index (χ2n) is 9.15. The molecule has 0 saturated heterocycles. The molecule has 178 valence electrons. The monoisotopic (exact) mass is 460 g/mol. The molecule has 0 aromatic heterocycles. The predicted octanol–water partition coefficient (Wildman–Crippen LogP) is 7.94. The molecule has 1 atom stereocenters. The van der Waals surface area contributed by atoms with Gasteiger partial charge in [0.1, 0.15) is 0 Å². The summed E-state index contributed by atoms with van der Waals surface area (Å²) in [6.45, 7) is 8.74. The smallest absolute Gasteiger partial charge is 0.0445 e. The fourth-order valence-corrected chi connectivity index (χ4v) is 4.36. The first kappa shape index (κ1) is 24.3. The summed E-state index contributed by atoms with van der Waals surface area (Å²) in [5, 5.41) is 3.31. The standard InChI is InChI=1S/C22H25N.C11H11N/c1-4-18(3)23-16-17(2)13-14-22(23)21-12-8-11-20(15-21)19-9-6-5-7-10-19;1-2-6-10(7-3-1)11-8-4-5-9-12-11/h5-15,18H,4,16H2,1-3H3;1-8,12H,9H2/t18-;/m0./s1. The van der Waals surface area contributed by atoms with E-state index in [1.807, 2.05) is 6.07 Å². The van der Waals surface area contributed by atoms with Crippen molar-refractivity contribution >= 4 is 11.4 Å². The third-order valence-corrected chi connectivity index (χ3v) is 6.54. The summed E-state index contributed by atoms with van der Waals surface area (Å²) in [5.41, 5.74) is 9.07. The van der Waals surface area contributed by atoms with Gasteiger partial charge in [0.2, 0.25) is 0 Å². The van der Waals surface area contributed by atoms with E-state index in [0.717, 1.165) is 19.5 Å². The Hall–Kier alpha value is -3.78. The van der Waals surface area contributed by atoms with Crippen molar-refractivity contribution in [2.24, 2.45) is 0 Å². The molecule has 0 bridgehead atoms. The predicted molar refractivity (Wildman–Crippen MR) is 152 cm³/mol. The zero-order valence-corrected chi connectivity index (χ0v) is 21.1. The molecule has 0 unspecified atom stereocenters. The number of hydrogen-bond acceptors (Lipinski definition) is 2. The number of dihydropyridines is 1. The molecule has 2 heteroatoms. The van der Waals surface area contributed by atoms with Crippen LogP contribution in [0.5, 0.6) is 0 Å². The molecule has 0 spiro atoms. The zero-order valence-electron chi connectivity index (χ0n) is 21.1. The first-order valence-corrected chi connectivity index (χ1v) is 12.6. The van der Waals surface area contributed by atoms with Crippen molar-refractivity contribution in [3.05, 3.63) is 132 Å². The number of nitrogens with one attached hydrogen (secondary N) is 1. The van der Waals surface area contributed by atoms with Gasteiger partial charge in [-0.3, -0.25) is 0 Å². The molecule has 1 N–H and O–H groups in total. The highest BCUT2D eigenvalue weighted by molar-refractivity contribution is 5.73. The van der Waals surface area contributed by atoms with Gasteiger partial charge in [-0.1, -0.05) is 110 Å². The van der Waals surface area contributed by atoms with Gasteiger partial charge in [0.25, 0.3) is 0 Å². The van der Waals surface area contributed by atoms with Crippen LogP contribution in [0.4, 0.5) is 0 Å². The topological polar surface area (TPSA) is 15.3 Å². The van der Waals surface area contributed by atoms with Crippen LogP contribution in [0.25, 0.3) is 22.5 Å². The van der Waals surface area contributed by atoms with E-state index in [-0.39, 0.29) is 0 Å². The largest absolute Gasteiger partial charge is 0.381 e. The van der Waals surface area contributed by atoms with Crippen LogP contribution in [0.1, 0.15) is 38.3 Å². The van der Waals surface area contributed by atoms with Gasteiger partial charge in [0.15, 0.2) is 0 Å². The molecule has 3 aromatic rings. The van der Waals surface area contributed by atoms with Crippen molar-refractivity contribution < 1.29 is 0 Å². The lowest BCUT2D eigenvalue weighted by Crippen LogP contribution is -2.34. The van der Waals surface area contributed by atoms with E-state index in [4.69, 9.17) is 0 Å². The number of hydrogen-bond donors (Lipinski definition) is 1. The maximum Gasteiger partial charge on any atom is 0.0445 e. The van der Waals surface area contributed by atoms with Crippen LogP contribution < -0.4 is 5.32 Å². The number of benzene rings is 3. The summed E-state index contributed by atoms with van der Waals surface area (Å²) in [7, 11) is 0. The van der Waals surface area contributed by atoms with Crippen LogP contribution in [-0.4, -0.2) is 24.0 Å². The van der Waals surface area contributed by atoms with Gasteiger partial charge in [0, 0.05) is 30.5 Å². The van der Waals surface area contributed by atoms with Crippen LogP contribution in [0.3, 0.4) is 0 Å². The third-order valence-electron chi connectivity index (χ3n) is 6.54. The molecule has 2 nitrogen and oxygen atoms in total. The second-order valence-corrected chi connectivity index (χ2v) is 9.15. The molecule has 0 fully saturated rings.